The van der Waals surface area contributed by atoms with Crippen LogP contribution in [0, 0.1) is 0 Å². The van der Waals surface area contributed by atoms with Crippen LogP contribution in [-0.4, -0.2) is 53.3 Å². The van der Waals surface area contributed by atoms with Crippen LogP contribution >= 0.6 is 11.6 Å². The van der Waals surface area contributed by atoms with Gasteiger partial charge in [-0.3, -0.25) is 0 Å². The van der Waals surface area contributed by atoms with E-state index in [1.807, 2.05) is 0 Å². The van der Waals surface area contributed by atoms with Crippen LogP contribution in [0.5, 0.6) is 0 Å². The second kappa shape index (κ2) is 4.06. The number of aromatic nitrogens is 3. The summed E-state index contributed by atoms with van der Waals surface area (Å²) in [6.07, 6.45) is 1.65. The molecule has 0 unspecified atom stereocenters. The lowest BCUT2D eigenvalue weighted by Crippen LogP contribution is -2.44. The number of likely N-dealkylation sites (N-methyl/N-ethyl adjacent to an activating group) is 1. The van der Waals surface area contributed by atoms with Gasteiger partial charge >= 0.3 is 0 Å². The Balaban J connectivity index is 2.08. The van der Waals surface area contributed by atoms with Crippen LogP contribution in [0.25, 0.3) is 0 Å². The number of rotatable bonds is 1. The van der Waals surface area contributed by atoms with Gasteiger partial charge in [0.05, 0.1) is 6.20 Å². The molecule has 0 radical (unpaired) electrons. The topological polar surface area (TPSA) is 45.2 Å². The highest BCUT2D eigenvalue weighted by molar-refractivity contribution is 6.28. The van der Waals surface area contributed by atoms with Crippen molar-refractivity contribution in [1.29, 1.82) is 0 Å². The van der Waals surface area contributed by atoms with E-state index < -0.39 is 0 Å². The third-order valence-electron chi connectivity index (χ3n) is 2.35. The fraction of sp³-hybridized carbons (Fsp3) is 0.625. The first-order chi connectivity index (χ1) is 6.75. The minimum absolute atomic E-state index is 0.210. The lowest BCUT2D eigenvalue weighted by molar-refractivity contribution is 0.312. The lowest BCUT2D eigenvalue weighted by atomic mass is 10.3. The van der Waals surface area contributed by atoms with Crippen molar-refractivity contribution in [3.05, 3.63) is 11.5 Å². The number of halogens is 1. The molecular weight excluding hydrogens is 202 g/mol. The van der Waals surface area contributed by atoms with Crippen LogP contribution in [-0.2, 0) is 0 Å². The maximum Gasteiger partial charge on any atom is 0.244 e. The molecule has 2 heterocycles. The summed E-state index contributed by atoms with van der Waals surface area (Å²) >= 11 is 5.67. The van der Waals surface area contributed by atoms with E-state index in [0.29, 0.717) is 0 Å². The van der Waals surface area contributed by atoms with Gasteiger partial charge in [0.15, 0.2) is 5.82 Å². The van der Waals surface area contributed by atoms with Gasteiger partial charge in [-0.1, -0.05) is 0 Å². The Bertz CT molecular complexity index is 310. The van der Waals surface area contributed by atoms with Crippen LogP contribution in [0.3, 0.4) is 0 Å². The molecule has 0 atom stereocenters. The summed E-state index contributed by atoms with van der Waals surface area (Å²) < 4.78 is 0. The molecule has 0 bridgehead atoms. The predicted molar refractivity (Wildman–Crippen MR) is 54.5 cm³/mol. The number of anilines is 1. The van der Waals surface area contributed by atoms with Crippen molar-refractivity contribution in [1.82, 2.24) is 20.1 Å². The Hall–Kier alpha value is -0.940. The average Bonchev–Trinajstić information content (AvgIpc) is 2.19. The molecule has 1 aromatic heterocycles. The molecule has 0 saturated carbocycles. The summed E-state index contributed by atoms with van der Waals surface area (Å²) in [6, 6.07) is 0. The normalized spacial score (nSPS) is 18.6. The van der Waals surface area contributed by atoms with Gasteiger partial charge in [0.25, 0.3) is 0 Å². The Morgan fingerprint density at radius 3 is 2.64 bits per heavy atom. The van der Waals surface area contributed by atoms with E-state index in [2.05, 4.69) is 32.0 Å². The summed E-state index contributed by atoms with van der Waals surface area (Å²) in [6.45, 7) is 4.01. The SMILES string of the molecule is CN1CCN(c2cnnc(Cl)n2)CC1. The molecule has 2 rings (SSSR count). The summed E-state index contributed by atoms with van der Waals surface area (Å²) in [5.41, 5.74) is 0. The molecule has 0 spiro atoms. The molecule has 14 heavy (non-hydrogen) atoms. The summed E-state index contributed by atoms with van der Waals surface area (Å²) in [4.78, 5) is 8.57. The molecular formula is C8H12ClN5. The quantitative estimate of drug-likeness (QED) is 0.671. The van der Waals surface area contributed by atoms with Crippen molar-refractivity contribution in [3.8, 4) is 0 Å². The van der Waals surface area contributed by atoms with E-state index >= 15 is 0 Å². The molecule has 6 heteroatoms. The van der Waals surface area contributed by atoms with Crippen LogP contribution < -0.4 is 4.90 Å². The first-order valence-corrected chi connectivity index (χ1v) is 4.92. The molecule has 0 aromatic carbocycles. The zero-order valence-electron chi connectivity index (χ0n) is 8.02. The van der Waals surface area contributed by atoms with Crippen molar-refractivity contribution < 1.29 is 0 Å². The van der Waals surface area contributed by atoms with Crippen LogP contribution in [0.2, 0.25) is 5.28 Å². The van der Waals surface area contributed by atoms with Crippen molar-refractivity contribution in [3.63, 3.8) is 0 Å². The maximum absolute atomic E-state index is 5.67. The number of piperazine rings is 1. The maximum atomic E-state index is 5.67. The van der Waals surface area contributed by atoms with E-state index in [9.17, 15) is 0 Å². The third-order valence-corrected chi connectivity index (χ3v) is 2.51. The molecule has 1 fully saturated rings. The Morgan fingerprint density at radius 1 is 1.29 bits per heavy atom. The van der Waals surface area contributed by atoms with Gasteiger partial charge in [0.1, 0.15) is 0 Å². The van der Waals surface area contributed by atoms with Gasteiger partial charge in [-0.25, -0.2) is 0 Å². The van der Waals surface area contributed by atoms with E-state index in [0.717, 1.165) is 32.0 Å². The largest absolute Gasteiger partial charge is 0.353 e. The van der Waals surface area contributed by atoms with Crippen LogP contribution in [0.4, 0.5) is 5.82 Å². The monoisotopic (exact) mass is 213 g/mol. The van der Waals surface area contributed by atoms with Crippen molar-refractivity contribution in [2.45, 2.75) is 0 Å². The molecule has 1 aliphatic heterocycles. The summed E-state index contributed by atoms with van der Waals surface area (Å²) in [7, 11) is 2.11. The molecule has 5 nitrogen and oxygen atoms in total. The van der Waals surface area contributed by atoms with Crippen molar-refractivity contribution >= 4 is 17.4 Å². The zero-order valence-corrected chi connectivity index (χ0v) is 8.78. The second-order valence-corrected chi connectivity index (χ2v) is 3.71. The van der Waals surface area contributed by atoms with Gasteiger partial charge in [-0.2, -0.15) is 10.1 Å². The standard InChI is InChI=1S/C8H12ClN5/c1-13-2-4-14(5-3-13)7-6-10-12-8(9)11-7/h6H,2-5H2,1H3. The summed E-state index contributed by atoms with van der Waals surface area (Å²) in [5, 5.41) is 7.61. The summed E-state index contributed by atoms with van der Waals surface area (Å²) in [5.74, 6) is 0.818. The van der Waals surface area contributed by atoms with E-state index in [4.69, 9.17) is 11.6 Å². The fourth-order valence-electron chi connectivity index (χ4n) is 1.46. The smallest absolute Gasteiger partial charge is 0.244 e. The van der Waals surface area contributed by atoms with Crippen molar-refractivity contribution in [2.24, 2.45) is 0 Å². The minimum atomic E-state index is 0.210. The van der Waals surface area contributed by atoms with Crippen LogP contribution in [0.15, 0.2) is 6.20 Å². The highest BCUT2D eigenvalue weighted by Crippen LogP contribution is 2.12. The Morgan fingerprint density at radius 2 is 2.00 bits per heavy atom. The molecule has 0 aliphatic carbocycles. The number of nitrogens with zero attached hydrogens (tertiary/aromatic N) is 5. The van der Waals surface area contributed by atoms with Gasteiger partial charge in [-0.15, -0.1) is 5.10 Å². The number of hydrogen-bond acceptors (Lipinski definition) is 5. The highest BCUT2D eigenvalue weighted by Gasteiger charge is 2.15. The van der Waals surface area contributed by atoms with Crippen LogP contribution in [0.1, 0.15) is 0 Å². The Kier molecular flexibility index (Phi) is 2.79. The first-order valence-electron chi connectivity index (χ1n) is 4.54. The minimum Gasteiger partial charge on any atom is -0.353 e. The van der Waals surface area contributed by atoms with Gasteiger partial charge in [-0.05, 0) is 18.6 Å². The second-order valence-electron chi connectivity index (χ2n) is 3.37. The van der Waals surface area contributed by atoms with E-state index in [1.54, 1.807) is 6.20 Å². The average molecular weight is 214 g/mol. The molecule has 76 valence electrons. The number of hydrogen-bond donors (Lipinski definition) is 0. The van der Waals surface area contributed by atoms with E-state index in [-0.39, 0.29) is 5.28 Å². The third kappa shape index (κ3) is 2.10. The van der Waals surface area contributed by atoms with Gasteiger partial charge in [0.2, 0.25) is 5.28 Å². The predicted octanol–water partition coefficient (Wildman–Crippen LogP) is 0.277. The van der Waals surface area contributed by atoms with Gasteiger partial charge < -0.3 is 9.80 Å². The molecule has 1 aromatic rings. The zero-order chi connectivity index (χ0) is 9.97. The highest BCUT2D eigenvalue weighted by atomic mass is 35.5. The lowest BCUT2D eigenvalue weighted by Gasteiger charge is -2.32. The molecule has 1 saturated heterocycles. The fourth-order valence-corrected chi connectivity index (χ4v) is 1.59. The van der Waals surface area contributed by atoms with Crippen molar-refractivity contribution in [2.75, 3.05) is 38.1 Å². The van der Waals surface area contributed by atoms with E-state index in [1.165, 1.54) is 0 Å². The van der Waals surface area contributed by atoms with Gasteiger partial charge in [0, 0.05) is 26.2 Å². The molecule has 0 N–H and O–H groups in total. The Labute approximate surface area is 87.7 Å². The molecule has 1 aliphatic rings. The first kappa shape index (κ1) is 9.61. The molecule has 0 amide bonds.